The van der Waals surface area contributed by atoms with Crippen molar-refractivity contribution >= 4 is 16.8 Å². The second-order valence-electron chi connectivity index (χ2n) is 7.46. The van der Waals surface area contributed by atoms with Crippen LogP contribution in [0.3, 0.4) is 0 Å². The third kappa shape index (κ3) is 5.32. The molecular weight excluding hydrogens is 403 g/mol. The van der Waals surface area contributed by atoms with Gasteiger partial charge in [0.25, 0.3) is 0 Å². The molecule has 2 heterocycles. The monoisotopic (exact) mass is 427 g/mol. The summed E-state index contributed by atoms with van der Waals surface area (Å²) in [5.41, 5.74) is 2.08. The van der Waals surface area contributed by atoms with Gasteiger partial charge in [-0.15, -0.1) is 11.8 Å². The highest BCUT2D eigenvalue weighted by atomic mass is 32.2. The zero-order valence-electron chi connectivity index (χ0n) is 16.8. The predicted octanol–water partition coefficient (Wildman–Crippen LogP) is 5.70. The van der Waals surface area contributed by atoms with Crippen LogP contribution in [-0.2, 0) is 6.18 Å². The average molecular weight is 427 g/mol. The summed E-state index contributed by atoms with van der Waals surface area (Å²) in [5.74, 6) is 0.905. The van der Waals surface area contributed by atoms with Crippen LogP contribution in [0, 0.1) is 19.8 Å². The number of ether oxygens (including phenoxy) is 1. The first-order valence-electron chi connectivity index (χ1n) is 9.50. The molecule has 0 amide bonds. The van der Waals surface area contributed by atoms with Gasteiger partial charge in [0, 0.05) is 11.3 Å². The van der Waals surface area contributed by atoms with E-state index in [1.807, 2.05) is 25.6 Å². The first kappa shape index (κ1) is 21.7. The van der Waals surface area contributed by atoms with Gasteiger partial charge in [-0.05, 0) is 55.9 Å². The van der Waals surface area contributed by atoms with Gasteiger partial charge in [0.05, 0.1) is 17.7 Å². The number of benzene rings is 1. The normalized spacial score (nSPS) is 17.1. The topological polar surface area (TPSA) is 60.5 Å². The van der Waals surface area contributed by atoms with Crippen LogP contribution in [-0.4, -0.2) is 33.6 Å². The van der Waals surface area contributed by atoms with Gasteiger partial charge in [-0.25, -0.2) is 0 Å². The molecular formula is C20H24F3N3O2S. The molecule has 0 radical (unpaired) electrons. The van der Waals surface area contributed by atoms with Crippen molar-refractivity contribution in [2.24, 2.45) is 10.9 Å². The molecule has 0 N–H and O–H groups in total. The van der Waals surface area contributed by atoms with Crippen LogP contribution >= 0.6 is 11.8 Å². The van der Waals surface area contributed by atoms with Crippen LogP contribution in [0.1, 0.15) is 43.7 Å². The van der Waals surface area contributed by atoms with Crippen molar-refractivity contribution in [1.29, 1.82) is 0 Å². The minimum absolute atomic E-state index is 0.0916. The molecule has 1 aliphatic rings. The quantitative estimate of drug-likeness (QED) is 0.531. The van der Waals surface area contributed by atoms with Gasteiger partial charge < -0.3 is 9.26 Å². The Hall–Kier alpha value is -2.03. The summed E-state index contributed by atoms with van der Waals surface area (Å²) in [6.45, 7) is 8.62. The Labute approximate surface area is 172 Å². The fourth-order valence-corrected chi connectivity index (χ4v) is 4.40. The first-order valence-corrected chi connectivity index (χ1v) is 10.5. The first-order chi connectivity index (χ1) is 13.6. The lowest BCUT2D eigenvalue weighted by atomic mass is 10.1. The smallest absolute Gasteiger partial charge is 0.471 e. The highest BCUT2D eigenvalue weighted by Crippen LogP contribution is 2.32. The molecule has 0 saturated heterocycles. The summed E-state index contributed by atoms with van der Waals surface area (Å²) in [6, 6.07) is 3.82. The molecule has 158 valence electrons. The van der Waals surface area contributed by atoms with E-state index in [1.165, 1.54) is 5.04 Å². The van der Waals surface area contributed by atoms with Crippen molar-refractivity contribution < 1.29 is 22.4 Å². The molecule has 2 aromatic rings. The number of alkyl halides is 3. The molecule has 0 spiro atoms. The zero-order valence-corrected chi connectivity index (χ0v) is 17.7. The number of aromatic nitrogens is 2. The van der Waals surface area contributed by atoms with Crippen LogP contribution in [0.15, 0.2) is 21.6 Å². The lowest BCUT2D eigenvalue weighted by molar-refractivity contribution is -0.159. The number of hydrogen-bond donors (Lipinski definition) is 0. The molecule has 0 bridgehead atoms. The van der Waals surface area contributed by atoms with Gasteiger partial charge in [0.15, 0.2) is 0 Å². The van der Waals surface area contributed by atoms with Gasteiger partial charge >= 0.3 is 12.1 Å². The Balaban J connectivity index is 1.60. The molecule has 1 unspecified atom stereocenters. The van der Waals surface area contributed by atoms with E-state index < -0.39 is 12.1 Å². The third-order valence-corrected chi connectivity index (χ3v) is 5.82. The van der Waals surface area contributed by atoms with Crippen molar-refractivity contribution in [3.8, 4) is 17.1 Å². The molecule has 1 aromatic carbocycles. The lowest BCUT2D eigenvalue weighted by Crippen LogP contribution is -2.11. The summed E-state index contributed by atoms with van der Waals surface area (Å²) in [4.78, 5) is 8.20. The Morgan fingerprint density at radius 3 is 2.48 bits per heavy atom. The maximum atomic E-state index is 12.7. The van der Waals surface area contributed by atoms with Crippen LogP contribution in [0.5, 0.6) is 5.75 Å². The number of hydrogen-bond acceptors (Lipinski definition) is 6. The molecule has 9 heteroatoms. The van der Waals surface area contributed by atoms with Gasteiger partial charge in [0.2, 0.25) is 5.82 Å². The number of aryl methyl sites for hydroxylation is 2. The Kier molecular flexibility index (Phi) is 6.55. The van der Waals surface area contributed by atoms with E-state index in [0.29, 0.717) is 24.1 Å². The summed E-state index contributed by atoms with van der Waals surface area (Å²) in [5, 5.41) is 4.63. The third-order valence-electron chi connectivity index (χ3n) is 4.67. The predicted molar refractivity (Wildman–Crippen MR) is 107 cm³/mol. The van der Waals surface area contributed by atoms with E-state index in [1.54, 1.807) is 12.1 Å². The van der Waals surface area contributed by atoms with E-state index in [0.717, 1.165) is 35.5 Å². The van der Waals surface area contributed by atoms with E-state index in [9.17, 15) is 13.2 Å². The Morgan fingerprint density at radius 2 is 1.93 bits per heavy atom. The second-order valence-corrected chi connectivity index (χ2v) is 8.55. The second kappa shape index (κ2) is 8.77. The van der Waals surface area contributed by atoms with E-state index in [2.05, 4.69) is 28.5 Å². The maximum Gasteiger partial charge on any atom is 0.471 e. The molecule has 1 aliphatic heterocycles. The summed E-state index contributed by atoms with van der Waals surface area (Å²) >= 11 is 1.83. The average Bonchev–Trinajstić information content (AvgIpc) is 3.29. The van der Waals surface area contributed by atoms with Crippen LogP contribution in [0.25, 0.3) is 11.4 Å². The minimum Gasteiger partial charge on any atom is -0.493 e. The van der Waals surface area contributed by atoms with Crippen molar-refractivity contribution in [2.45, 2.75) is 52.8 Å². The summed E-state index contributed by atoms with van der Waals surface area (Å²) in [6.07, 6.45) is -2.90. The largest absolute Gasteiger partial charge is 0.493 e. The van der Waals surface area contributed by atoms with Crippen molar-refractivity contribution in [2.75, 3.05) is 12.4 Å². The van der Waals surface area contributed by atoms with Crippen molar-refractivity contribution in [1.82, 2.24) is 10.1 Å². The molecule has 0 aliphatic carbocycles. The fourth-order valence-electron chi connectivity index (χ4n) is 3.08. The zero-order chi connectivity index (χ0) is 21.2. The fraction of sp³-hybridized carbons (Fsp3) is 0.550. The van der Waals surface area contributed by atoms with Crippen molar-refractivity contribution in [3.05, 3.63) is 29.2 Å². The molecule has 5 nitrogen and oxygen atoms in total. The van der Waals surface area contributed by atoms with E-state index in [4.69, 9.17) is 9.73 Å². The van der Waals surface area contributed by atoms with Gasteiger partial charge in [-0.3, -0.25) is 4.99 Å². The number of aliphatic imine (C=N–C) groups is 1. The van der Waals surface area contributed by atoms with Crippen LogP contribution in [0.2, 0.25) is 0 Å². The van der Waals surface area contributed by atoms with Crippen LogP contribution in [0.4, 0.5) is 13.2 Å². The maximum absolute atomic E-state index is 12.7. The minimum atomic E-state index is -4.66. The summed E-state index contributed by atoms with van der Waals surface area (Å²) in [7, 11) is 0. The van der Waals surface area contributed by atoms with Gasteiger partial charge in [0.1, 0.15) is 5.75 Å². The Bertz CT molecular complexity index is 870. The molecule has 29 heavy (non-hydrogen) atoms. The van der Waals surface area contributed by atoms with Crippen LogP contribution < -0.4 is 4.74 Å². The molecule has 1 atom stereocenters. The highest BCUT2D eigenvalue weighted by Gasteiger charge is 2.38. The molecule has 0 fully saturated rings. The lowest BCUT2D eigenvalue weighted by Gasteiger charge is -2.13. The Morgan fingerprint density at radius 1 is 1.24 bits per heavy atom. The van der Waals surface area contributed by atoms with Gasteiger partial charge in [-0.1, -0.05) is 19.0 Å². The van der Waals surface area contributed by atoms with E-state index in [-0.39, 0.29) is 5.82 Å². The van der Waals surface area contributed by atoms with Crippen molar-refractivity contribution in [3.63, 3.8) is 0 Å². The number of nitrogens with zero attached hydrogens (tertiary/aromatic N) is 3. The molecule has 3 rings (SSSR count). The SMILES string of the molecule is Cc1cc(-c2noc(C(F)(F)F)n2)cc(C)c1OCCCC1=NC(C(C)C)CS1. The summed E-state index contributed by atoms with van der Waals surface area (Å²) < 4.78 is 48.2. The number of halogens is 3. The number of rotatable bonds is 7. The number of thioether (sulfide) groups is 1. The standard InChI is InChI=1S/C20H24F3N3O2S/c1-11(2)15-10-29-16(24-15)6-5-7-27-17-12(3)8-14(9-13(17)4)18-25-19(28-26-18)20(21,22)23/h8-9,11,15H,5-7,10H2,1-4H3. The molecule has 1 aromatic heterocycles. The van der Waals surface area contributed by atoms with E-state index >= 15 is 0 Å². The highest BCUT2D eigenvalue weighted by molar-refractivity contribution is 8.14. The van der Waals surface area contributed by atoms with Gasteiger partial charge in [-0.2, -0.15) is 18.2 Å². The molecule has 0 saturated carbocycles.